The van der Waals surface area contributed by atoms with Gasteiger partial charge in [-0.1, -0.05) is 36.8 Å². The number of nitrogens with two attached hydrogens (primary N) is 1. The quantitative estimate of drug-likeness (QED) is 0.559. The highest BCUT2D eigenvalue weighted by Gasteiger charge is 2.12. The minimum Gasteiger partial charge on any atom is -0.352 e. The molecular weight excluding hydrogens is 342 g/mol. The average Bonchev–Trinajstić information content (AvgIpc) is 2.90. The lowest BCUT2D eigenvalue weighted by Crippen LogP contribution is -2.30. The first kappa shape index (κ1) is 20.5. The van der Waals surface area contributed by atoms with Crippen LogP contribution in [0, 0.1) is 13.8 Å². The number of hydrogen-bond donors (Lipinski definition) is 3. The summed E-state index contributed by atoms with van der Waals surface area (Å²) in [5, 5.41) is 10.1. The highest BCUT2D eigenvalue weighted by atomic mass is 16.2. The molecule has 0 saturated heterocycles. The summed E-state index contributed by atoms with van der Waals surface area (Å²) >= 11 is 0. The van der Waals surface area contributed by atoms with Gasteiger partial charge in [-0.05, 0) is 32.3 Å². The predicted molar refractivity (Wildman–Crippen MR) is 105 cm³/mol. The number of carbonyl (C=O) groups excluding carboxylic acids is 2. The molecule has 1 heterocycles. The number of nitrogens with zero attached hydrogens (tertiary/aromatic N) is 2. The summed E-state index contributed by atoms with van der Waals surface area (Å²) in [6.07, 6.45) is 2.96. The maximum atomic E-state index is 12.0. The van der Waals surface area contributed by atoms with Crippen LogP contribution < -0.4 is 16.4 Å². The smallest absolute Gasteiger partial charge is 0.312 e. The maximum absolute atomic E-state index is 12.0. The van der Waals surface area contributed by atoms with Gasteiger partial charge in [0.15, 0.2) is 0 Å². The highest BCUT2D eigenvalue weighted by molar-refractivity contribution is 5.75. The van der Waals surface area contributed by atoms with E-state index in [1.807, 2.05) is 36.7 Å². The van der Waals surface area contributed by atoms with Crippen molar-refractivity contribution < 1.29 is 9.59 Å². The summed E-state index contributed by atoms with van der Waals surface area (Å²) in [4.78, 5) is 22.6. The van der Waals surface area contributed by atoms with Crippen LogP contribution in [0.3, 0.4) is 0 Å². The van der Waals surface area contributed by atoms with Gasteiger partial charge in [0.05, 0.1) is 12.2 Å². The van der Waals surface area contributed by atoms with Crippen molar-refractivity contribution in [2.75, 3.05) is 6.54 Å². The van der Waals surface area contributed by atoms with Crippen LogP contribution in [0.25, 0.3) is 0 Å². The van der Waals surface area contributed by atoms with E-state index in [1.165, 1.54) is 5.56 Å². The molecule has 0 aliphatic rings. The lowest BCUT2D eigenvalue weighted by molar-refractivity contribution is -0.121. The van der Waals surface area contributed by atoms with Gasteiger partial charge in [-0.3, -0.25) is 9.48 Å². The number of nitrogens with one attached hydrogen (secondary N) is 2. The molecule has 0 fully saturated rings. The van der Waals surface area contributed by atoms with E-state index < -0.39 is 6.03 Å². The van der Waals surface area contributed by atoms with Crippen molar-refractivity contribution in [3.63, 3.8) is 0 Å². The molecule has 146 valence electrons. The van der Waals surface area contributed by atoms with Crippen molar-refractivity contribution in [3.05, 3.63) is 52.8 Å². The molecule has 0 unspecified atom stereocenters. The molecule has 7 heteroatoms. The van der Waals surface area contributed by atoms with E-state index in [0.29, 0.717) is 19.5 Å². The Labute approximate surface area is 160 Å². The summed E-state index contributed by atoms with van der Waals surface area (Å²) in [6.45, 7) is 5.78. The molecule has 0 radical (unpaired) electrons. The van der Waals surface area contributed by atoms with E-state index in [4.69, 9.17) is 5.73 Å². The summed E-state index contributed by atoms with van der Waals surface area (Å²) in [6, 6.07) is 9.69. The zero-order valence-electron chi connectivity index (χ0n) is 16.1. The lowest BCUT2D eigenvalue weighted by Gasteiger charge is -2.08. The SMILES string of the molecule is Cc1nn(Cc2ccccc2)c(C)c1CNC(=O)CCCCCNC(N)=O. The third kappa shape index (κ3) is 6.77. The summed E-state index contributed by atoms with van der Waals surface area (Å²) in [5.41, 5.74) is 9.29. The van der Waals surface area contributed by atoms with Crippen LogP contribution in [0.5, 0.6) is 0 Å². The van der Waals surface area contributed by atoms with Crippen LogP contribution in [-0.4, -0.2) is 28.3 Å². The van der Waals surface area contributed by atoms with Gasteiger partial charge in [0, 0.05) is 30.8 Å². The van der Waals surface area contributed by atoms with Gasteiger partial charge >= 0.3 is 6.03 Å². The molecule has 0 spiro atoms. The van der Waals surface area contributed by atoms with Crippen molar-refractivity contribution in [3.8, 4) is 0 Å². The Morgan fingerprint density at radius 2 is 1.81 bits per heavy atom. The molecule has 0 aliphatic heterocycles. The molecule has 0 bridgehead atoms. The number of carbonyl (C=O) groups is 2. The van der Waals surface area contributed by atoms with E-state index in [-0.39, 0.29) is 5.91 Å². The third-order valence-corrected chi connectivity index (χ3v) is 4.55. The van der Waals surface area contributed by atoms with Crippen molar-refractivity contribution in [2.45, 2.75) is 52.6 Å². The van der Waals surface area contributed by atoms with Gasteiger partial charge in [0.1, 0.15) is 0 Å². The van der Waals surface area contributed by atoms with E-state index in [2.05, 4.69) is 27.9 Å². The Morgan fingerprint density at radius 3 is 2.52 bits per heavy atom. The topological polar surface area (TPSA) is 102 Å². The molecule has 2 aromatic rings. The molecular formula is C20H29N5O2. The number of urea groups is 1. The van der Waals surface area contributed by atoms with Crippen LogP contribution in [-0.2, 0) is 17.9 Å². The number of aryl methyl sites for hydroxylation is 1. The molecule has 0 aliphatic carbocycles. The first-order valence-electron chi connectivity index (χ1n) is 9.34. The van der Waals surface area contributed by atoms with Crippen LogP contribution in [0.2, 0.25) is 0 Å². The summed E-state index contributed by atoms with van der Waals surface area (Å²) < 4.78 is 1.98. The molecule has 2 rings (SSSR count). The Balaban J connectivity index is 1.77. The van der Waals surface area contributed by atoms with Gasteiger partial charge in [0.25, 0.3) is 0 Å². The Hall–Kier alpha value is -2.83. The summed E-state index contributed by atoms with van der Waals surface area (Å²) in [5.74, 6) is 0.0347. The normalized spacial score (nSPS) is 10.6. The zero-order valence-corrected chi connectivity index (χ0v) is 16.1. The Morgan fingerprint density at radius 1 is 1.07 bits per heavy atom. The standard InChI is InChI=1S/C20H29N5O2/c1-15-18(13-23-19(26)11-7-4-8-12-22-20(21)27)16(2)25(24-15)14-17-9-5-3-6-10-17/h3,5-6,9-10H,4,7-8,11-14H2,1-2H3,(H,23,26)(H3,21,22,27). The number of primary amides is 1. The second-order valence-electron chi connectivity index (χ2n) is 6.67. The molecule has 27 heavy (non-hydrogen) atoms. The minimum absolute atomic E-state index is 0.0347. The summed E-state index contributed by atoms with van der Waals surface area (Å²) in [7, 11) is 0. The third-order valence-electron chi connectivity index (χ3n) is 4.55. The maximum Gasteiger partial charge on any atom is 0.312 e. The van der Waals surface area contributed by atoms with Gasteiger partial charge < -0.3 is 16.4 Å². The predicted octanol–water partition coefficient (Wildman–Crippen LogP) is 2.39. The first-order chi connectivity index (χ1) is 13.0. The largest absolute Gasteiger partial charge is 0.352 e. The molecule has 3 amide bonds. The number of hydrogen-bond acceptors (Lipinski definition) is 3. The van der Waals surface area contributed by atoms with Gasteiger partial charge in [-0.2, -0.15) is 5.10 Å². The second kappa shape index (κ2) is 10.4. The number of unbranched alkanes of at least 4 members (excludes halogenated alkanes) is 2. The molecule has 1 aromatic carbocycles. The number of amides is 3. The number of aromatic nitrogens is 2. The van der Waals surface area contributed by atoms with E-state index in [0.717, 1.165) is 42.8 Å². The fraction of sp³-hybridized carbons (Fsp3) is 0.450. The second-order valence-corrected chi connectivity index (χ2v) is 6.67. The Kier molecular flexibility index (Phi) is 7.85. The van der Waals surface area contributed by atoms with Crippen molar-refractivity contribution >= 4 is 11.9 Å². The number of benzene rings is 1. The van der Waals surface area contributed by atoms with Crippen molar-refractivity contribution in [2.24, 2.45) is 5.73 Å². The van der Waals surface area contributed by atoms with Crippen LogP contribution in [0.4, 0.5) is 4.79 Å². The van der Waals surface area contributed by atoms with Gasteiger partial charge in [-0.15, -0.1) is 0 Å². The van der Waals surface area contributed by atoms with Crippen molar-refractivity contribution in [1.29, 1.82) is 0 Å². The van der Waals surface area contributed by atoms with E-state index in [1.54, 1.807) is 0 Å². The molecule has 4 N–H and O–H groups in total. The van der Waals surface area contributed by atoms with Crippen LogP contribution >= 0.6 is 0 Å². The lowest BCUT2D eigenvalue weighted by atomic mass is 10.1. The highest BCUT2D eigenvalue weighted by Crippen LogP contribution is 2.15. The first-order valence-corrected chi connectivity index (χ1v) is 9.34. The molecule has 0 saturated carbocycles. The molecule has 1 aromatic heterocycles. The zero-order chi connectivity index (χ0) is 19.6. The van der Waals surface area contributed by atoms with Gasteiger partial charge in [0.2, 0.25) is 5.91 Å². The van der Waals surface area contributed by atoms with Crippen LogP contribution in [0.1, 0.15) is 48.2 Å². The fourth-order valence-corrected chi connectivity index (χ4v) is 2.97. The monoisotopic (exact) mass is 371 g/mol. The van der Waals surface area contributed by atoms with Crippen LogP contribution in [0.15, 0.2) is 30.3 Å². The minimum atomic E-state index is -0.508. The number of rotatable bonds is 10. The van der Waals surface area contributed by atoms with E-state index in [9.17, 15) is 9.59 Å². The molecule has 7 nitrogen and oxygen atoms in total. The van der Waals surface area contributed by atoms with E-state index >= 15 is 0 Å². The van der Waals surface area contributed by atoms with Gasteiger partial charge in [-0.25, -0.2) is 4.79 Å². The average molecular weight is 371 g/mol. The Bertz CT molecular complexity index is 755. The fourth-order valence-electron chi connectivity index (χ4n) is 2.97. The van der Waals surface area contributed by atoms with Crippen molar-refractivity contribution in [1.82, 2.24) is 20.4 Å². The molecule has 0 atom stereocenters.